The van der Waals surface area contributed by atoms with Gasteiger partial charge in [0.15, 0.2) is 5.78 Å². The summed E-state index contributed by atoms with van der Waals surface area (Å²) in [5, 5.41) is 2.09. The first-order chi connectivity index (χ1) is 17.6. The number of carbonyl (C=O) groups is 1. The molecule has 36 heavy (non-hydrogen) atoms. The molecule has 5 aromatic carbocycles. The van der Waals surface area contributed by atoms with Crippen LogP contribution in [0.1, 0.15) is 15.9 Å². The van der Waals surface area contributed by atoms with Crippen molar-refractivity contribution < 1.29 is 13.2 Å². The van der Waals surface area contributed by atoms with Gasteiger partial charge in [-0.05, 0) is 54.1 Å². The molecule has 172 valence electrons. The monoisotopic (exact) mass is 485 g/mol. The molecule has 0 radical (unpaired) electrons. The van der Waals surface area contributed by atoms with E-state index in [1.54, 1.807) is 36.4 Å². The second-order valence-electron chi connectivity index (χ2n) is 8.93. The molecule has 0 atom stereocenters. The smallest absolute Gasteiger partial charge is 0.208 e. The minimum Gasteiger partial charge on any atom is -0.309 e. The van der Waals surface area contributed by atoms with Gasteiger partial charge in [-0.3, -0.25) is 4.79 Å². The van der Waals surface area contributed by atoms with E-state index >= 15 is 0 Å². The summed E-state index contributed by atoms with van der Waals surface area (Å²) in [5.41, 5.74) is 4.89. The highest BCUT2D eigenvalue weighted by Gasteiger charge is 2.36. The molecule has 0 bridgehead atoms. The third kappa shape index (κ3) is 2.81. The van der Waals surface area contributed by atoms with Crippen LogP contribution in [0.25, 0.3) is 38.6 Å². The van der Waals surface area contributed by atoms with Crippen molar-refractivity contribution in [1.29, 1.82) is 0 Å². The summed E-state index contributed by atoms with van der Waals surface area (Å²) >= 11 is 0. The molecule has 0 amide bonds. The maximum absolute atomic E-state index is 13.7. The summed E-state index contributed by atoms with van der Waals surface area (Å²) in [7, 11) is -3.87. The Morgan fingerprint density at radius 1 is 0.556 bits per heavy atom. The van der Waals surface area contributed by atoms with E-state index in [2.05, 4.69) is 28.8 Å². The van der Waals surface area contributed by atoms with E-state index < -0.39 is 9.84 Å². The lowest BCUT2D eigenvalue weighted by Crippen LogP contribution is -2.21. The average Bonchev–Trinajstić information content (AvgIpc) is 3.26. The molecule has 7 rings (SSSR count). The van der Waals surface area contributed by atoms with Crippen LogP contribution < -0.4 is 0 Å². The van der Waals surface area contributed by atoms with E-state index in [-0.39, 0.29) is 26.7 Å². The number of nitrogens with zero attached hydrogens (tertiary/aromatic N) is 1. The van der Waals surface area contributed by atoms with Gasteiger partial charge in [-0.25, -0.2) is 8.42 Å². The molecule has 0 unspecified atom stereocenters. The first kappa shape index (κ1) is 20.9. The number of fused-ring (bicyclic) bond motifs is 5. The topological polar surface area (TPSA) is 56.1 Å². The summed E-state index contributed by atoms with van der Waals surface area (Å²) in [6.07, 6.45) is 0. The molecule has 0 saturated carbocycles. The van der Waals surface area contributed by atoms with Crippen molar-refractivity contribution >= 4 is 37.4 Å². The zero-order chi connectivity index (χ0) is 24.4. The number of rotatable bonds is 2. The Hall–Kier alpha value is -4.48. The van der Waals surface area contributed by atoms with Crippen LogP contribution in [0.5, 0.6) is 0 Å². The lowest BCUT2D eigenvalue weighted by molar-refractivity contribution is 0.103. The second kappa shape index (κ2) is 7.51. The summed E-state index contributed by atoms with van der Waals surface area (Å²) in [6.45, 7) is 0. The number of carbonyl (C=O) groups excluding carboxylic acids is 1. The predicted molar refractivity (Wildman–Crippen MR) is 142 cm³/mol. The number of para-hydroxylation sites is 2. The largest absolute Gasteiger partial charge is 0.309 e. The highest BCUT2D eigenvalue weighted by Crippen LogP contribution is 2.42. The molecule has 2 heterocycles. The van der Waals surface area contributed by atoms with E-state index in [0.717, 1.165) is 33.1 Å². The third-order valence-corrected chi connectivity index (χ3v) is 8.86. The number of hydrogen-bond donors (Lipinski definition) is 0. The Balaban J connectivity index is 1.52. The van der Waals surface area contributed by atoms with Gasteiger partial charge in [-0.15, -0.1) is 0 Å². The van der Waals surface area contributed by atoms with E-state index in [9.17, 15) is 13.2 Å². The van der Waals surface area contributed by atoms with Crippen LogP contribution in [-0.2, 0) is 9.84 Å². The molecule has 0 aliphatic carbocycles. The molecule has 6 aromatic rings. The van der Waals surface area contributed by atoms with Crippen LogP contribution in [0.3, 0.4) is 0 Å². The number of aromatic nitrogens is 1. The SMILES string of the molecule is O=C1c2ccccc2S(=O)(=O)c2c1cccc2-c1ccc2c(c1)c1ccccc1n2-c1ccccc1. The van der Waals surface area contributed by atoms with Gasteiger partial charge in [-0.2, -0.15) is 0 Å². The number of hydrogen-bond acceptors (Lipinski definition) is 3. The lowest BCUT2D eigenvalue weighted by atomic mass is 9.96. The fourth-order valence-corrected chi connectivity index (χ4v) is 7.23. The molecule has 0 saturated heterocycles. The number of sulfone groups is 1. The van der Waals surface area contributed by atoms with Gasteiger partial charge in [0.2, 0.25) is 9.84 Å². The standard InChI is InChI=1S/C31H19NO3S/c33-30-24-12-5-7-16-29(24)36(34,35)31-22(13-8-14-25(30)31)20-17-18-28-26(19-20)23-11-4-6-15-27(23)32(28)21-9-2-1-3-10-21/h1-19H. The summed E-state index contributed by atoms with van der Waals surface area (Å²) < 4.78 is 29.7. The van der Waals surface area contributed by atoms with Gasteiger partial charge < -0.3 is 4.57 Å². The van der Waals surface area contributed by atoms with Gasteiger partial charge in [0, 0.05) is 33.2 Å². The van der Waals surface area contributed by atoms with Crippen LogP contribution in [0.4, 0.5) is 0 Å². The molecule has 1 aliphatic heterocycles. The molecule has 0 spiro atoms. The first-order valence-electron chi connectivity index (χ1n) is 11.7. The lowest BCUT2D eigenvalue weighted by Gasteiger charge is -2.21. The summed E-state index contributed by atoms with van der Waals surface area (Å²) in [5.74, 6) is -0.265. The highest BCUT2D eigenvalue weighted by atomic mass is 32.2. The van der Waals surface area contributed by atoms with Crippen molar-refractivity contribution in [3.05, 3.63) is 126 Å². The Morgan fingerprint density at radius 2 is 1.22 bits per heavy atom. The Labute approximate surface area is 208 Å². The molecule has 5 heteroatoms. The third-order valence-electron chi connectivity index (χ3n) is 6.95. The average molecular weight is 486 g/mol. The maximum atomic E-state index is 13.7. The first-order valence-corrected chi connectivity index (χ1v) is 13.1. The predicted octanol–water partition coefficient (Wildman–Crippen LogP) is 6.83. The van der Waals surface area contributed by atoms with Gasteiger partial charge in [0.1, 0.15) is 0 Å². The fraction of sp³-hybridized carbons (Fsp3) is 0. The van der Waals surface area contributed by atoms with Crippen LogP contribution in [0.2, 0.25) is 0 Å². The van der Waals surface area contributed by atoms with E-state index in [0.29, 0.717) is 5.56 Å². The van der Waals surface area contributed by atoms with Crippen molar-refractivity contribution in [2.75, 3.05) is 0 Å². The van der Waals surface area contributed by atoms with Crippen molar-refractivity contribution in [3.63, 3.8) is 0 Å². The molecule has 1 aromatic heterocycles. The number of ketones is 1. The molecule has 0 fully saturated rings. The Morgan fingerprint density at radius 3 is 2.08 bits per heavy atom. The maximum Gasteiger partial charge on any atom is 0.208 e. The zero-order valence-corrected chi connectivity index (χ0v) is 19.9. The summed E-state index contributed by atoms with van der Waals surface area (Å²) in [6, 6.07) is 36.0. The minimum atomic E-state index is -3.87. The second-order valence-corrected chi connectivity index (χ2v) is 10.8. The van der Waals surface area contributed by atoms with E-state index in [4.69, 9.17) is 0 Å². The highest BCUT2D eigenvalue weighted by molar-refractivity contribution is 7.92. The van der Waals surface area contributed by atoms with Crippen molar-refractivity contribution in [2.45, 2.75) is 9.79 Å². The van der Waals surface area contributed by atoms with Crippen molar-refractivity contribution in [1.82, 2.24) is 4.57 Å². The zero-order valence-electron chi connectivity index (χ0n) is 19.0. The van der Waals surface area contributed by atoms with E-state index in [1.165, 1.54) is 6.07 Å². The molecule has 0 N–H and O–H groups in total. The van der Waals surface area contributed by atoms with Crippen LogP contribution in [0, 0.1) is 0 Å². The van der Waals surface area contributed by atoms with Gasteiger partial charge >= 0.3 is 0 Å². The number of benzene rings is 5. The van der Waals surface area contributed by atoms with Crippen LogP contribution in [0.15, 0.2) is 125 Å². The van der Waals surface area contributed by atoms with Crippen molar-refractivity contribution in [3.8, 4) is 16.8 Å². The normalized spacial score (nSPS) is 14.1. The van der Waals surface area contributed by atoms with Crippen LogP contribution >= 0.6 is 0 Å². The molecule has 4 nitrogen and oxygen atoms in total. The molecule has 1 aliphatic rings. The Bertz CT molecular complexity index is 1970. The van der Waals surface area contributed by atoms with Crippen LogP contribution in [-0.4, -0.2) is 18.8 Å². The fourth-order valence-electron chi connectivity index (χ4n) is 5.37. The van der Waals surface area contributed by atoms with Gasteiger partial charge in [0.05, 0.1) is 20.8 Å². The van der Waals surface area contributed by atoms with Gasteiger partial charge in [0.25, 0.3) is 0 Å². The van der Waals surface area contributed by atoms with E-state index in [1.807, 2.05) is 48.5 Å². The molecular weight excluding hydrogens is 466 g/mol. The molecular formula is C31H19NO3S. The quantitative estimate of drug-likeness (QED) is 0.270. The summed E-state index contributed by atoms with van der Waals surface area (Å²) in [4.78, 5) is 13.4. The van der Waals surface area contributed by atoms with Crippen molar-refractivity contribution in [2.24, 2.45) is 0 Å². The minimum absolute atomic E-state index is 0.0664. The Kier molecular flexibility index (Phi) is 4.35. The van der Waals surface area contributed by atoms with Gasteiger partial charge in [-0.1, -0.05) is 66.7 Å².